The molecule has 0 aromatic heterocycles. The molecule has 0 aliphatic heterocycles. The lowest BCUT2D eigenvalue weighted by molar-refractivity contribution is 0.678. The van der Waals surface area contributed by atoms with Crippen LogP contribution in [0.15, 0.2) is 91.0 Å². The van der Waals surface area contributed by atoms with Gasteiger partial charge in [-0.3, -0.25) is 0 Å². The molecule has 0 amide bonds. The average molecular weight is 446 g/mol. The second kappa shape index (κ2) is 9.70. The molecular weight excluding hydrogens is 421 g/mol. The van der Waals surface area contributed by atoms with Crippen molar-refractivity contribution in [2.45, 2.75) is 13.0 Å². The van der Waals surface area contributed by atoms with Crippen LogP contribution in [0.2, 0.25) is 0 Å². The van der Waals surface area contributed by atoms with E-state index < -0.39 is 0 Å². The number of nitrogens with one attached hydrogen (secondary N) is 1. The summed E-state index contributed by atoms with van der Waals surface area (Å²) in [5.41, 5.74) is 3.87. The van der Waals surface area contributed by atoms with Gasteiger partial charge in [-0.1, -0.05) is 84.9 Å². The van der Waals surface area contributed by atoms with Gasteiger partial charge in [-0.15, -0.1) is 24.0 Å². The van der Waals surface area contributed by atoms with Gasteiger partial charge in [0, 0.05) is 12.4 Å². The highest BCUT2D eigenvalue weighted by Crippen LogP contribution is 2.39. The Hall–Kier alpha value is -2.58. The lowest BCUT2D eigenvalue weighted by Gasteiger charge is -2.14. The summed E-state index contributed by atoms with van der Waals surface area (Å²) < 4.78 is 0. The van der Waals surface area contributed by atoms with Crippen molar-refractivity contribution in [3.05, 3.63) is 96.6 Å². The maximum Gasteiger partial charge on any atom is 0.0235 e. The first-order valence-corrected chi connectivity index (χ1v) is 11.1. The Kier molecular flexibility index (Phi) is 6.77. The van der Waals surface area contributed by atoms with Crippen LogP contribution in [-0.2, 0) is 6.54 Å². The van der Waals surface area contributed by atoms with E-state index in [9.17, 15) is 0 Å². The summed E-state index contributed by atoms with van der Waals surface area (Å²) in [6.07, 6.45) is 0.996. The van der Waals surface area contributed by atoms with E-state index in [-0.39, 0.29) is 12.4 Å². The van der Waals surface area contributed by atoms with Crippen LogP contribution in [0.3, 0.4) is 0 Å². The first-order valence-electron chi connectivity index (χ1n) is 10.5. The number of hydrogen-bond acceptors (Lipinski definition) is 1. The van der Waals surface area contributed by atoms with Gasteiger partial charge in [-0.05, 0) is 68.0 Å². The minimum Gasteiger partial charge on any atom is -0.313 e. The quantitative estimate of drug-likeness (QED) is 0.121. The highest BCUT2D eigenvalue weighted by Gasteiger charge is 2.12. The standard InChI is InChI=1S/C28H24ClN.ClH/c29-16-5-17-30-19-20-10-12-22(13-11-20)28-25-9-4-2-7-23(25)18-27-24-8-3-1-6-21(24)14-15-26(27)28;/h1-4,6-15,18,30H,5,16-17,19H2;1H. The van der Waals surface area contributed by atoms with E-state index in [1.54, 1.807) is 0 Å². The highest BCUT2D eigenvalue weighted by atomic mass is 35.5. The summed E-state index contributed by atoms with van der Waals surface area (Å²) in [6, 6.07) is 33.2. The zero-order valence-corrected chi connectivity index (χ0v) is 18.8. The van der Waals surface area contributed by atoms with E-state index in [1.165, 1.54) is 49.0 Å². The van der Waals surface area contributed by atoms with Gasteiger partial charge in [0.25, 0.3) is 0 Å². The van der Waals surface area contributed by atoms with Crippen LogP contribution in [0, 0.1) is 0 Å². The molecule has 0 spiro atoms. The van der Waals surface area contributed by atoms with Crippen LogP contribution in [0.25, 0.3) is 43.4 Å². The molecule has 5 aromatic carbocycles. The molecule has 0 bridgehead atoms. The molecule has 0 saturated carbocycles. The van der Waals surface area contributed by atoms with Crippen LogP contribution < -0.4 is 5.32 Å². The maximum absolute atomic E-state index is 5.76. The van der Waals surface area contributed by atoms with Crippen molar-refractivity contribution in [2.24, 2.45) is 0 Å². The number of rotatable bonds is 6. The smallest absolute Gasteiger partial charge is 0.0235 e. The maximum atomic E-state index is 5.76. The van der Waals surface area contributed by atoms with E-state index >= 15 is 0 Å². The fraction of sp³-hybridized carbons (Fsp3) is 0.143. The number of hydrogen-bond donors (Lipinski definition) is 1. The fourth-order valence-electron chi connectivity index (χ4n) is 4.35. The van der Waals surface area contributed by atoms with E-state index in [4.69, 9.17) is 11.6 Å². The average Bonchev–Trinajstić information content (AvgIpc) is 2.81. The van der Waals surface area contributed by atoms with Crippen molar-refractivity contribution in [3.8, 4) is 11.1 Å². The second-order valence-electron chi connectivity index (χ2n) is 7.77. The van der Waals surface area contributed by atoms with Gasteiger partial charge in [0.2, 0.25) is 0 Å². The Morgan fingerprint density at radius 2 is 1.35 bits per heavy atom. The van der Waals surface area contributed by atoms with Crippen LogP contribution in [0.1, 0.15) is 12.0 Å². The van der Waals surface area contributed by atoms with Crippen molar-refractivity contribution in [1.29, 1.82) is 0 Å². The molecular formula is C28H25Cl2N. The van der Waals surface area contributed by atoms with Crippen LogP contribution in [-0.4, -0.2) is 12.4 Å². The van der Waals surface area contributed by atoms with E-state index in [0.717, 1.165) is 19.5 Å². The predicted octanol–water partition coefficient (Wildman–Crippen LogP) is 7.95. The van der Waals surface area contributed by atoms with Gasteiger partial charge in [0.1, 0.15) is 0 Å². The van der Waals surface area contributed by atoms with E-state index in [1.807, 2.05) is 0 Å². The van der Waals surface area contributed by atoms with Crippen molar-refractivity contribution in [3.63, 3.8) is 0 Å². The topological polar surface area (TPSA) is 12.0 Å². The molecule has 0 radical (unpaired) electrons. The summed E-state index contributed by atoms with van der Waals surface area (Å²) in [5, 5.41) is 11.2. The fourth-order valence-corrected chi connectivity index (χ4v) is 4.48. The Balaban J connectivity index is 0.00000231. The van der Waals surface area contributed by atoms with Crippen molar-refractivity contribution >= 4 is 56.3 Å². The zero-order chi connectivity index (χ0) is 20.3. The Morgan fingerprint density at radius 3 is 2.13 bits per heavy atom. The first kappa shape index (κ1) is 21.6. The summed E-state index contributed by atoms with van der Waals surface area (Å²) in [5.74, 6) is 0.703. The van der Waals surface area contributed by atoms with Gasteiger partial charge in [-0.25, -0.2) is 0 Å². The molecule has 156 valence electrons. The predicted molar refractivity (Wildman–Crippen MR) is 139 cm³/mol. The largest absolute Gasteiger partial charge is 0.313 e. The molecule has 1 nitrogen and oxygen atoms in total. The Labute approximate surface area is 194 Å². The third-order valence-electron chi connectivity index (χ3n) is 5.83. The highest BCUT2D eigenvalue weighted by molar-refractivity contribution is 6.20. The molecule has 0 saturated heterocycles. The normalized spacial score (nSPS) is 11.1. The summed E-state index contributed by atoms with van der Waals surface area (Å²) in [6.45, 7) is 1.82. The molecule has 31 heavy (non-hydrogen) atoms. The van der Waals surface area contributed by atoms with Crippen molar-refractivity contribution in [1.82, 2.24) is 5.32 Å². The van der Waals surface area contributed by atoms with E-state index in [0.29, 0.717) is 5.88 Å². The second-order valence-corrected chi connectivity index (χ2v) is 8.15. The summed E-state index contributed by atoms with van der Waals surface area (Å²) >= 11 is 5.76. The van der Waals surface area contributed by atoms with Gasteiger partial charge in [-0.2, -0.15) is 0 Å². The molecule has 0 aliphatic rings. The number of fused-ring (bicyclic) bond motifs is 4. The minimum atomic E-state index is 0. The van der Waals surface area contributed by atoms with Crippen LogP contribution in [0.5, 0.6) is 0 Å². The van der Waals surface area contributed by atoms with Crippen molar-refractivity contribution in [2.75, 3.05) is 12.4 Å². The minimum absolute atomic E-state index is 0. The molecule has 0 unspecified atom stereocenters. The number of halogens is 2. The van der Waals surface area contributed by atoms with Gasteiger partial charge in [0.05, 0.1) is 0 Å². The summed E-state index contributed by atoms with van der Waals surface area (Å²) in [4.78, 5) is 0. The molecule has 0 aliphatic carbocycles. The van der Waals surface area contributed by atoms with Crippen molar-refractivity contribution < 1.29 is 0 Å². The van der Waals surface area contributed by atoms with Gasteiger partial charge < -0.3 is 5.32 Å². The third kappa shape index (κ3) is 4.27. The first-order chi connectivity index (χ1) is 14.8. The third-order valence-corrected chi connectivity index (χ3v) is 6.10. The van der Waals surface area contributed by atoms with Gasteiger partial charge in [0.15, 0.2) is 0 Å². The van der Waals surface area contributed by atoms with Gasteiger partial charge >= 0.3 is 0 Å². The lowest BCUT2D eigenvalue weighted by atomic mass is 9.89. The van der Waals surface area contributed by atoms with E-state index in [2.05, 4.69) is 96.3 Å². The number of benzene rings is 5. The zero-order valence-electron chi connectivity index (χ0n) is 17.3. The molecule has 3 heteroatoms. The lowest BCUT2D eigenvalue weighted by Crippen LogP contribution is -2.14. The molecule has 0 atom stereocenters. The Morgan fingerprint density at radius 1 is 0.645 bits per heavy atom. The molecule has 5 rings (SSSR count). The summed E-state index contributed by atoms with van der Waals surface area (Å²) in [7, 11) is 0. The monoisotopic (exact) mass is 445 g/mol. The Bertz CT molecular complexity index is 1330. The molecule has 1 N–H and O–H groups in total. The SMILES string of the molecule is Cl.ClCCCNCc1ccc(-c2c3ccccc3cc3c2ccc2ccccc23)cc1. The molecule has 0 heterocycles. The number of alkyl halides is 1. The molecule has 0 fully saturated rings. The van der Waals surface area contributed by atoms with Crippen LogP contribution in [0.4, 0.5) is 0 Å². The van der Waals surface area contributed by atoms with Crippen LogP contribution >= 0.6 is 24.0 Å². The molecule has 5 aromatic rings.